The highest BCUT2D eigenvalue weighted by atomic mass is 32.1. The highest BCUT2D eigenvalue weighted by Gasteiger charge is 2.25. The second kappa shape index (κ2) is 6.71. The van der Waals surface area contributed by atoms with Crippen LogP contribution in [0, 0.1) is 0 Å². The summed E-state index contributed by atoms with van der Waals surface area (Å²) in [5.41, 5.74) is 2.46. The van der Waals surface area contributed by atoms with Crippen molar-refractivity contribution in [2.24, 2.45) is 0 Å². The van der Waals surface area contributed by atoms with E-state index in [-0.39, 0.29) is 0 Å². The Morgan fingerprint density at radius 2 is 2.29 bits per heavy atom. The van der Waals surface area contributed by atoms with Gasteiger partial charge in [0.05, 0.1) is 17.4 Å². The maximum absolute atomic E-state index is 4.97. The second-order valence-electron chi connectivity index (χ2n) is 5.67. The van der Waals surface area contributed by atoms with E-state index in [2.05, 4.69) is 35.0 Å². The SMILES string of the molecule is CCCNC1CCCc2sc(-c3ccnn3CCC)nc21. The van der Waals surface area contributed by atoms with Gasteiger partial charge in [-0.05, 0) is 44.7 Å². The lowest BCUT2D eigenvalue weighted by molar-refractivity contribution is 0.454. The smallest absolute Gasteiger partial charge is 0.142 e. The highest BCUT2D eigenvalue weighted by molar-refractivity contribution is 7.15. The standard InChI is InChI=1S/C16H24N4S/c1-3-9-17-12-6-5-7-14-15(12)19-16(21-14)13-8-10-18-20(13)11-4-2/h8,10,12,17H,3-7,9,11H2,1-2H3. The van der Waals surface area contributed by atoms with Crippen LogP contribution in [0.2, 0.25) is 0 Å². The van der Waals surface area contributed by atoms with Crippen molar-refractivity contribution in [1.82, 2.24) is 20.1 Å². The molecule has 2 aromatic heterocycles. The van der Waals surface area contributed by atoms with Crippen LogP contribution in [0.5, 0.6) is 0 Å². The first-order valence-corrected chi connectivity index (χ1v) is 8.90. The number of hydrogen-bond donors (Lipinski definition) is 1. The molecule has 1 aliphatic rings. The minimum atomic E-state index is 0.446. The molecule has 0 spiro atoms. The molecule has 2 heterocycles. The van der Waals surface area contributed by atoms with Crippen LogP contribution >= 0.6 is 11.3 Å². The quantitative estimate of drug-likeness (QED) is 0.883. The highest BCUT2D eigenvalue weighted by Crippen LogP contribution is 2.37. The first-order valence-electron chi connectivity index (χ1n) is 8.08. The number of rotatable bonds is 6. The van der Waals surface area contributed by atoms with E-state index in [1.54, 1.807) is 0 Å². The lowest BCUT2D eigenvalue weighted by atomic mass is 9.97. The van der Waals surface area contributed by atoms with Gasteiger partial charge < -0.3 is 5.32 Å². The predicted molar refractivity (Wildman–Crippen MR) is 87.6 cm³/mol. The van der Waals surface area contributed by atoms with Crippen LogP contribution < -0.4 is 5.32 Å². The van der Waals surface area contributed by atoms with Gasteiger partial charge in [0, 0.05) is 17.6 Å². The molecule has 0 aliphatic heterocycles. The van der Waals surface area contributed by atoms with Crippen molar-refractivity contribution in [3.63, 3.8) is 0 Å². The Hall–Kier alpha value is -1.20. The molecule has 0 aromatic carbocycles. The normalized spacial score (nSPS) is 17.9. The molecule has 114 valence electrons. The zero-order chi connectivity index (χ0) is 14.7. The Balaban J connectivity index is 1.88. The van der Waals surface area contributed by atoms with Crippen LogP contribution in [0.1, 0.15) is 56.1 Å². The monoisotopic (exact) mass is 304 g/mol. The molecule has 3 rings (SSSR count). The summed E-state index contributed by atoms with van der Waals surface area (Å²) in [6.07, 6.45) is 7.82. The maximum Gasteiger partial charge on any atom is 0.142 e. The molecule has 0 fully saturated rings. The average Bonchev–Trinajstić information content (AvgIpc) is 3.11. The van der Waals surface area contributed by atoms with Crippen molar-refractivity contribution < 1.29 is 0 Å². The van der Waals surface area contributed by atoms with Crippen molar-refractivity contribution in [2.45, 2.75) is 58.5 Å². The van der Waals surface area contributed by atoms with E-state index in [1.807, 2.05) is 17.5 Å². The van der Waals surface area contributed by atoms with E-state index < -0.39 is 0 Å². The first-order chi connectivity index (χ1) is 10.3. The zero-order valence-corrected chi connectivity index (χ0v) is 13.7. The molecule has 2 aromatic rings. The minimum absolute atomic E-state index is 0.446. The molecular formula is C16H24N4S. The van der Waals surface area contributed by atoms with Crippen LogP contribution in [0.25, 0.3) is 10.7 Å². The summed E-state index contributed by atoms with van der Waals surface area (Å²) < 4.78 is 2.08. The molecule has 1 N–H and O–H groups in total. The van der Waals surface area contributed by atoms with Gasteiger partial charge in [0.2, 0.25) is 0 Å². The van der Waals surface area contributed by atoms with Crippen LogP contribution in [0.4, 0.5) is 0 Å². The summed E-state index contributed by atoms with van der Waals surface area (Å²) in [6.45, 7) is 6.43. The molecule has 1 atom stereocenters. The van der Waals surface area contributed by atoms with Gasteiger partial charge in [0.25, 0.3) is 0 Å². The zero-order valence-electron chi connectivity index (χ0n) is 12.9. The number of fused-ring (bicyclic) bond motifs is 1. The minimum Gasteiger partial charge on any atom is -0.309 e. The van der Waals surface area contributed by atoms with Crippen molar-refractivity contribution >= 4 is 11.3 Å². The fourth-order valence-corrected chi connectivity index (χ4v) is 4.14. The lowest BCUT2D eigenvalue weighted by Crippen LogP contribution is -2.25. The van der Waals surface area contributed by atoms with E-state index >= 15 is 0 Å². The lowest BCUT2D eigenvalue weighted by Gasteiger charge is -2.22. The Bertz CT molecular complexity index is 587. The predicted octanol–water partition coefficient (Wildman–Crippen LogP) is 3.79. The van der Waals surface area contributed by atoms with E-state index in [9.17, 15) is 0 Å². The molecule has 0 amide bonds. The number of nitrogens with zero attached hydrogens (tertiary/aromatic N) is 3. The van der Waals surface area contributed by atoms with Gasteiger partial charge in [-0.25, -0.2) is 4.98 Å². The van der Waals surface area contributed by atoms with Crippen molar-refractivity contribution in [3.8, 4) is 10.7 Å². The Morgan fingerprint density at radius 1 is 1.38 bits per heavy atom. The van der Waals surface area contributed by atoms with E-state index in [1.165, 1.54) is 41.9 Å². The van der Waals surface area contributed by atoms with Crippen LogP contribution in [0.15, 0.2) is 12.3 Å². The number of aromatic nitrogens is 3. The maximum atomic E-state index is 4.97. The first kappa shape index (κ1) is 14.7. The van der Waals surface area contributed by atoms with Crippen LogP contribution in [-0.2, 0) is 13.0 Å². The van der Waals surface area contributed by atoms with Gasteiger partial charge in [-0.3, -0.25) is 4.68 Å². The topological polar surface area (TPSA) is 42.7 Å². The molecule has 1 aliphatic carbocycles. The number of hydrogen-bond acceptors (Lipinski definition) is 4. The van der Waals surface area contributed by atoms with Gasteiger partial charge in [0.15, 0.2) is 0 Å². The van der Waals surface area contributed by atoms with Crippen LogP contribution in [0.3, 0.4) is 0 Å². The Kier molecular flexibility index (Phi) is 4.70. The van der Waals surface area contributed by atoms with Gasteiger partial charge in [-0.15, -0.1) is 11.3 Å². The summed E-state index contributed by atoms with van der Waals surface area (Å²) in [7, 11) is 0. The third kappa shape index (κ3) is 3.04. The second-order valence-corrected chi connectivity index (χ2v) is 6.75. The molecule has 0 saturated carbocycles. The number of nitrogens with one attached hydrogen (secondary N) is 1. The fourth-order valence-electron chi connectivity index (χ4n) is 2.95. The van der Waals surface area contributed by atoms with E-state index in [0.29, 0.717) is 6.04 Å². The molecule has 0 saturated heterocycles. The molecule has 21 heavy (non-hydrogen) atoms. The van der Waals surface area contributed by atoms with Crippen molar-refractivity contribution in [2.75, 3.05) is 6.54 Å². The van der Waals surface area contributed by atoms with Gasteiger partial charge in [0.1, 0.15) is 5.01 Å². The molecular weight excluding hydrogens is 280 g/mol. The van der Waals surface area contributed by atoms with E-state index in [0.717, 1.165) is 24.5 Å². The summed E-state index contributed by atoms with van der Waals surface area (Å²) >= 11 is 1.86. The van der Waals surface area contributed by atoms with Crippen molar-refractivity contribution in [3.05, 3.63) is 22.8 Å². The molecule has 0 radical (unpaired) electrons. The molecule has 1 unspecified atom stereocenters. The van der Waals surface area contributed by atoms with Crippen LogP contribution in [-0.4, -0.2) is 21.3 Å². The number of aryl methyl sites for hydroxylation is 2. The third-order valence-corrected chi connectivity index (χ3v) is 5.12. The van der Waals surface area contributed by atoms with Gasteiger partial charge in [-0.1, -0.05) is 13.8 Å². The molecule has 0 bridgehead atoms. The largest absolute Gasteiger partial charge is 0.309 e. The average molecular weight is 304 g/mol. The molecule has 4 nitrogen and oxygen atoms in total. The summed E-state index contributed by atoms with van der Waals surface area (Å²) in [4.78, 5) is 6.43. The fraction of sp³-hybridized carbons (Fsp3) is 0.625. The number of thiazole rings is 1. The summed E-state index contributed by atoms with van der Waals surface area (Å²) in [6, 6.07) is 2.54. The summed E-state index contributed by atoms with van der Waals surface area (Å²) in [5, 5.41) is 9.21. The summed E-state index contributed by atoms with van der Waals surface area (Å²) in [5.74, 6) is 0. The van der Waals surface area contributed by atoms with Gasteiger partial charge in [-0.2, -0.15) is 5.10 Å². The van der Waals surface area contributed by atoms with E-state index in [4.69, 9.17) is 4.98 Å². The van der Waals surface area contributed by atoms with Gasteiger partial charge >= 0.3 is 0 Å². The Labute approximate surface area is 130 Å². The molecule has 5 heteroatoms. The van der Waals surface area contributed by atoms with Crippen molar-refractivity contribution in [1.29, 1.82) is 0 Å². The Morgan fingerprint density at radius 3 is 3.10 bits per heavy atom. The third-order valence-electron chi connectivity index (χ3n) is 3.97.